The van der Waals surface area contributed by atoms with Gasteiger partial charge in [0.2, 0.25) is 29.9 Å². The van der Waals surface area contributed by atoms with Crippen LogP contribution in [0.25, 0.3) is 0 Å². The molecule has 1 aromatic carbocycles. The summed E-state index contributed by atoms with van der Waals surface area (Å²) in [5, 5.41) is 54.3. The number of carbonyl (C=O) groups is 9. The molecule has 36 nitrogen and oxygen atoms in total. The number of nitrogens with two attached hydrogens (primary N) is 1. The maximum absolute atomic E-state index is 14.1. The van der Waals surface area contributed by atoms with Crippen LogP contribution in [0.2, 0.25) is 0 Å². The number of aliphatic hydroxyl groups is 3. The quantitative estimate of drug-likeness (QED) is 0.0195. The number of amides is 8. The van der Waals surface area contributed by atoms with Gasteiger partial charge >= 0.3 is 12.1 Å². The van der Waals surface area contributed by atoms with Crippen molar-refractivity contribution in [3.05, 3.63) is 35.9 Å². The standard InChI is InChI=1S/C67H110N8O28/c1-67(2,3)103-66(88)71-45-50(74-55(78)14-15-56(74)79)63(85)73-48(62(84)70-19-16-54(77)72-49-44-47(46-75(4)20-9-7-11-51(75)61(68)83)12-13-52(49)101-65-59(82)57(80)58(81)60(102-65)64(86)87)10-6-8-18-69-53(76)17-21-90-24-25-92-28-29-94-32-33-96-36-37-98-40-41-100-43-42-99-39-38-97-35-34-95-31-30-93-27-26-91-23-22-89-5/h12-15,44,48,50-51,57-60,65,80-82H,6-11,16-43,45-46H2,1-5H3,(H7-,68,69,70,71,72,73,76,77,83,84,85,86,87,88)/p+1/t48-,50-,51+,57-,58-,59+,60-,65+,75?/m0/s1. The zero-order chi connectivity index (χ0) is 75.3. The smallest absolute Gasteiger partial charge is 0.407 e. The van der Waals surface area contributed by atoms with Gasteiger partial charge in [-0.3, -0.25) is 38.5 Å². The number of alkyl carbamates (subject to hydrolysis) is 1. The Morgan fingerprint density at radius 2 is 1.13 bits per heavy atom. The average Bonchev–Trinajstić information content (AvgIpc) is 1.20. The Labute approximate surface area is 600 Å². The molecule has 103 heavy (non-hydrogen) atoms. The van der Waals surface area contributed by atoms with Crippen LogP contribution in [0.1, 0.15) is 77.7 Å². The van der Waals surface area contributed by atoms with E-state index in [1.54, 1.807) is 33.9 Å². The molecule has 2 saturated heterocycles. The number of likely N-dealkylation sites (N-methyl/N-ethyl adjacent to an activating group) is 1. The molecule has 36 heteroatoms. The predicted molar refractivity (Wildman–Crippen MR) is 363 cm³/mol. The monoisotopic (exact) mass is 1480 g/mol. The molecule has 0 radical (unpaired) electrons. The van der Waals surface area contributed by atoms with E-state index < -0.39 is 115 Å². The number of piperidine rings is 1. The molecule has 3 heterocycles. The van der Waals surface area contributed by atoms with Crippen LogP contribution >= 0.6 is 0 Å². The number of likely N-dealkylation sites (tertiary alicyclic amines) is 1. The van der Waals surface area contributed by atoms with Crippen molar-refractivity contribution in [3.8, 4) is 5.75 Å². The van der Waals surface area contributed by atoms with Crippen molar-refractivity contribution in [2.24, 2.45) is 5.73 Å². The van der Waals surface area contributed by atoms with Gasteiger partial charge in [0.1, 0.15) is 48.3 Å². The summed E-state index contributed by atoms with van der Waals surface area (Å²) in [6.07, 6.45) is -6.67. The molecule has 3 aliphatic rings. The number of anilines is 1. The van der Waals surface area contributed by atoms with Crippen LogP contribution in [0, 0.1) is 0 Å². The first-order valence-corrected chi connectivity index (χ1v) is 34.8. The van der Waals surface area contributed by atoms with E-state index >= 15 is 0 Å². The predicted octanol–water partition coefficient (Wildman–Crippen LogP) is -1.80. The first-order valence-electron chi connectivity index (χ1n) is 34.8. The summed E-state index contributed by atoms with van der Waals surface area (Å²) in [5.41, 5.74) is 5.44. The van der Waals surface area contributed by atoms with Crippen molar-refractivity contribution in [2.75, 3.05) is 198 Å². The molecule has 11 N–H and O–H groups in total. The number of rotatable bonds is 57. The SMILES string of the molecule is COCCOCCOCCOCCOCCOCCOCCOCCOCCOCCOCCOCCC(=O)NCCCC[C@H](NC(=O)[C@H](CNC(=O)OC(C)(C)C)N1C(=O)C=CC1=O)C(=O)NCCC(=O)Nc1cc(C[N+]2(C)CCCC[C@@H]2C(N)=O)ccc1O[C@@H]1O[C@H](C(=O)O)[C@@H](O)[C@H](O)[C@H]1O. The number of aliphatic carboxylic acids is 1. The third-order valence-electron chi connectivity index (χ3n) is 15.8. The number of carbonyl (C=O) groups excluding carboxylic acids is 8. The number of hydrogen-bond acceptors (Lipinski definition) is 27. The maximum Gasteiger partial charge on any atom is 0.407 e. The number of ether oxygens (including phenoxy) is 15. The summed E-state index contributed by atoms with van der Waals surface area (Å²) in [6, 6.07) is 0.981. The van der Waals surface area contributed by atoms with Crippen LogP contribution in [0.15, 0.2) is 30.4 Å². The minimum Gasteiger partial charge on any atom is -0.479 e. The van der Waals surface area contributed by atoms with Crippen LogP contribution in [-0.4, -0.2) is 330 Å². The van der Waals surface area contributed by atoms with Crippen molar-refractivity contribution >= 4 is 59.1 Å². The zero-order valence-corrected chi connectivity index (χ0v) is 60.0. The summed E-state index contributed by atoms with van der Waals surface area (Å²) in [4.78, 5) is 118. The molecule has 1 aromatic rings. The number of nitrogens with zero attached hydrogens (tertiary/aromatic N) is 2. The number of carboxylic acids is 1. The average molecular weight is 1480 g/mol. The van der Waals surface area contributed by atoms with Gasteiger partial charge in [0, 0.05) is 57.2 Å². The molecular weight excluding hydrogens is 1360 g/mol. The fourth-order valence-electron chi connectivity index (χ4n) is 10.6. The minimum atomic E-state index is -2.02. The molecule has 1 unspecified atom stereocenters. The van der Waals surface area contributed by atoms with E-state index in [9.17, 15) is 63.6 Å². The number of quaternary nitrogens is 1. The normalized spacial score (nSPS) is 20.3. The highest BCUT2D eigenvalue weighted by Gasteiger charge is 2.49. The number of unbranched alkanes of at least 4 members (excludes halogenated alkanes) is 1. The Morgan fingerprint density at radius 1 is 0.621 bits per heavy atom. The lowest BCUT2D eigenvalue weighted by molar-refractivity contribution is -0.941. The molecule has 586 valence electrons. The summed E-state index contributed by atoms with van der Waals surface area (Å²) in [7, 11) is 3.50. The van der Waals surface area contributed by atoms with Gasteiger partial charge in [-0.1, -0.05) is 0 Å². The second-order valence-electron chi connectivity index (χ2n) is 25.2. The van der Waals surface area contributed by atoms with Gasteiger partial charge in [-0.25, -0.2) is 9.59 Å². The van der Waals surface area contributed by atoms with Crippen LogP contribution in [0.3, 0.4) is 0 Å². The fourth-order valence-corrected chi connectivity index (χ4v) is 10.6. The highest BCUT2D eigenvalue weighted by Crippen LogP contribution is 2.34. The largest absolute Gasteiger partial charge is 0.479 e. The maximum atomic E-state index is 14.1. The lowest BCUT2D eigenvalue weighted by Crippen LogP contribution is -2.61. The fraction of sp³-hybridized carbons (Fsp3) is 0.746. The number of imide groups is 1. The Morgan fingerprint density at radius 3 is 1.61 bits per heavy atom. The first-order chi connectivity index (χ1) is 49.4. The summed E-state index contributed by atoms with van der Waals surface area (Å²) in [6.45, 7) is 14.4. The molecule has 2 fully saturated rings. The molecule has 3 aliphatic heterocycles. The topological polar surface area (TPSA) is 462 Å². The van der Waals surface area contributed by atoms with Crippen molar-refractivity contribution in [2.45, 2.75) is 133 Å². The number of nitrogens with one attached hydrogen (secondary N) is 5. The Hall–Kier alpha value is -6.69. The van der Waals surface area contributed by atoms with Gasteiger partial charge in [0.05, 0.1) is 178 Å². The van der Waals surface area contributed by atoms with Crippen LogP contribution in [0.5, 0.6) is 5.75 Å². The summed E-state index contributed by atoms with van der Waals surface area (Å²) < 4.78 is 82.0. The molecule has 8 amide bonds. The minimum absolute atomic E-state index is 0.0276. The number of benzene rings is 1. The number of carboxylic acid groups (broad SMARTS) is 1. The number of primary amides is 1. The second-order valence-corrected chi connectivity index (χ2v) is 25.2. The molecule has 0 spiro atoms. The lowest BCUT2D eigenvalue weighted by Gasteiger charge is -2.43. The summed E-state index contributed by atoms with van der Waals surface area (Å²) in [5.74, 6) is -6.85. The van der Waals surface area contributed by atoms with Gasteiger partial charge in [-0.15, -0.1) is 0 Å². The molecule has 0 saturated carbocycles. The van der Waals surface area contributed by atoms with E-state index in [-0.39, 0.29) is 80.5 Å². The van der Waals surface area contributed by atoms with Gasteiger partial charge in [0.25, 0.3) is 17.7 Å². The van der Waals surface area contributed by atoms with E-state index in [2.05, 4.69) is 26.6 Å². The molecular formula is C67H111N8O28+. The van der Waals surface area contributed by atoms with E-state index in [0.717, 1.165) is 25.0 Å². The zero-order valence-electron chi connectivity index (χ0n) is 60.0. The highest BCUT2D eigenvalue weighted by molar-refractivity contribution is 6.15. The van der Waals surface area contributed by atoms with Crippen LogP contribution in [-0.2, 0) is 111 Å². The molecule has 0 aliphatic carbocycles. The first kappa shape index (κ1) is 88.7. The van der Waals surface area contributed by atoms with Crippen molar-refractivity contribution in [3.63, 3.8) is 0 Å². The number of hydrogen-bond donors (Lipinski definition) is 10. The van der Waals surface area contributed by atoms with Gasteiger partial charge in [0.15, 0.2) is 12.1 Å². The molecule has 9 atom stereocenters. The van der Waals surface area contributed by atoms with Crippen LogP contribution < -0.4 is 37.1 Å². The third-order valence-corrected chi connectivity index (χ3v) is 15.8. The van der Waals surface area contributed by atoms with Gasteiger partial charge in [-0.2, -0.15) is 0 Å². The van der Waals surface area contributed by atoms with Gasteiger partial charge < -0.3 is 128 Å². The van der Waals surface area contributed by atoms with Crippen molar-refractivity contribution in [1.29, 1.82) is 0 Å². The van der Waals surface area contributed by atoms with E-state index in [4.69, 9.17) is 76.8 Å². The van der Waals surface area contributed by atoms with E-state index in [0.29, 0.717) is 162 Å². The third kappa shape index (κ3) is 36.2. The molecule has 0 aromatic heterocycles. The highest BCUT2D eigenvalue weighted by atomic mass is 16.7. The molecule has 4 rings (SSSR count). The molecule has 0 bridgehead atoms. The van der Waals surface area contributed by atoms with E-state index in [1.165, 1.54) is 12.1 Å². The Bertz CT molecular complexity index is 2710. The number of methoxy groups -OCH3 is 1. The van der Waals surface area contributed by atoms with Crippen molar-refractivity contribution < 1.29 is 139 Å². The summed E-state index contributed by atoms with van der Waals surface area (Å²) >= 11 is 0. The van der Waals surface area contributed by atoms with E-state index in [1.807, 2.05) is 7.05 Å². The lowest BCUT2D eigenvalue weighted by atomic mass is 9.97. The number of aliphatic hydroxyl groups excluding tert-OH is 3. The second kappa shape index (κ2) is 50.7. The Kier molecular flexibility index (Phi) is 43.7. The van der Waals surface area contributed by atoms with Crippen molar-refractivity contribution in [1.82, 2.24) is 26.2 Å². The Balaban J connectivity index is 1.16. The van der Waals surface area contributed by atoms with Crippen LogP contribution in [0.4, 0.5) is 10.5 Å². The van der Waals surface area contributed by atoms with Gasteiger partial charge in [-0.05, 0) is 71.1 Å².